The molecule has 3 aromatic heterocycles. The summed E-state index contributed by atoms with van der Waals surface area (Å²) in [6.07, 6.45) is 4.86. The molecule has 0 spiro atoms. The molecule has 1 saturated heterocycles. The highest BCUT2D eigenvalue weighted by atomic mass is 32.1. The van der Waals surface area contributed by atoms with Gasteiger partial charge in [0.2, 0.25) is 0 Å². The Morgan fingerprint density at radius 2 is 1.97 bits per heavy atom. The van der Waals surface area contributed by atoms with Crippen molar-refractivity contribution < 1.29 is 14.3 Å². The SMILES string of the molecule is Cc1cc(OC2CCN(C(=O)OC(C)(C)C)CC2)cc(Nc2ncc(-c3ccccn3)s2)n1. The molecule has 0 saturated carbocycles. The first kappa shape index (κ1) is 23.0. The largest absolute Gasteiger partial charge is 0.490 e. The molecule has 1 amide bonds. The molecule has 0 aromatic carbocycles. The average molecular weight is 468 g/mol. The molecule has 0 aliphatic carbocycles. The Morgan fingerprint density at radius 1 is 1.18 bits per heavy atom. The van der Waals surface area contributed by atoms with Crippen LogP contribution in [0.25, 0.3) is 10.6 Å². The zero-order valence-electron chi connectivity index (χ0n) is 19.4. The van der Waals surface area contributed by atoms with Crippen LogP contribution in [0.15, 0.2) is 42.7 Å². The van der Waals surface area contributed by atoms with Crippen LogP contribution in [0.5, 0.6) is 5.75 Å². The van der Waals surface area contributed by atoms with Crippen LogP contribution in [0, 0.1) is 6.92 Å². The first-order chi connectivity index (χ1) is 15.7. The lowest BCUT2D eigenvalue weighted by Gasteiger charge is -2.33. The van der Waals surface area contributed by atoms with Gasteiger partial charge in [0.15, 0.2) is 5.13 Å². The summed E-state index contributed by atoms with van der Waals surface area (Å²) < 4.78 is 11.7. The number of rotatable bonds is 5. The topological polar surface area (TPSA) is 89.5 Å². The molecule has 8 nitrogen and oxygen atoms in total. The summed E-state index contributed by atoms with van der Waals surface area (Å²) in [5, 5.41) is 4.02. The number of aryl methyl sites for hydroxylation is 1. The Hall–Kier alpha value is -3.20. The Kier molecular flexibility index (Phi) is 6.78. The third kappa shape index (κ3) is 6.41. The van der Waals surface area contributed by atoms with Crippen molar-refractivity contribution in [3.63, 3.8) is 0 Å². The van der Waals surface area contributed by atoms with E-state index in [1.807, 2.05) is 58.0 Å². The lowest BCUT2D eigenvalue weighted by Crippen LogP contribution is -2.44. The number of hydrogen-bond donors (Lipinski definition) is 1. The normalized spacial score (nSPS) is 14.7. The zero-order valence-corrected chi connectivity index (χ0v) is 20.2. The number of pyridine rings is 2. The molecule has 0 bridgehead atoms. The van der Waals surface area contributed by atoms with E-state index in [4.69, 9.17) is 9.47 Å². The summed E-state index contributed by atoms with van der Waals surface area (Å²) in [7, 11) is 0. The molecule has 0 atom stereocenters. The van der Waals surface area contributed by atoms with E-state index in [0.717, 1.165) is 40.0 Å². The molecular weight excluding hydrogens is 438 g/mol. The van der Waals surface area contributed by atoms with E-state index in [0.29, 0.717) is 18.9 Å². The van der Waals surface area contributed by atoms with Crippen LogP contribution in [0.3, 0.4) is 0 Å². The number of ether oxygens (including phenoxy) is 2. The third-order valence-electron chi connectivity index (χ3n) is 4.98. The summed E-state index contributed by atoms with van der Waals surface area (Å²) in [6.45, 7) is 8.80. The molecule has 1 aliphatic rings. The monoisotopic (exact) mass is 467 g/mol. The molecule has 1 fully saturated rings. The van der Waals surface area contributed by atoms with Crippen LogP contribution in [0.4, 0.5) is 15.7 Å². The van der Waals surface area contributed by atoms with Gasteiger partial charge in [0.05, 0.1) is 10.6 Å². The summed E-state index contributed by atoms with van der Waals surface area (Å²) >= 11 is 1.52. The van der Waals surface area contributed by atoms with Crippen LogP contribution < -0.4 is 10.1 Å². The van der Waals surface area contributed by atoms with Crippen LogP contribution in [-0.4, -0.2) is 50.7 Å². The van der Waals surface area contributed by atoms with E-state index in [1.165, 1.54) is 11.3 Å². The van der Waals surface area contributed by atoms with Gasteiger partial charge in [-0.15, -0.1) is 0 Å². The Labute approximate surface area is 198 Å². The van der Waals surface area contributed by atoms with Gasteiger partial charge in [-0.3, -0.25) is 4.98 Å². The van der Waals surface area contributed by atoms with Gasteiger partial charge in [0.1, 0.15) is 23.3 Å². The van der Waals surface area contributed by atoms with Gasteiger partial charge in [-0.25, -0.2) is 14.8 Å². The molecule has 4 rings (SSSR count). The minimum atomic E-state index is -0.488. The number of thiazole rings is 1. The minimum Gasteiger partial charge on any atom is -0.490 e. The molecule has 33 heavy (non-hydrogen) atoms. The van der Waals surface area contributed by atoms with Crippen molar-refractivity contribution in [1.82, 2.24) is 19.9 Å². The predicted molar refractivity (Wildman–Crippen MR) is 129 cm³/mol. The second kappa shape index (κ2) is 9.74. The van der Waals surface area contributed by atoms with Gasteiger partial charge < -0.3 is 19.7 Å². The highest BCUT2D eigenvalue weighted by molar-refractivity contribution is 7.18. The fraction of sp³-hybridized carbons (Fsp3) is 0.417. The maximum absolute atomic E-state index is 12.3. The molecule has 3 aromatic rings. The first-order valence-corrected chi connectivity index (χ1v) is 11.8. The number of hydrogen-bond acceptors (Lipinski definition) is 8. The fourth-order valence-corrected chi connectivity index (χ4v) is 4.31. The van der Waals surface area contributed by atoms with Crippen LogP contribution in [0.1, 0.15) is 39.3 Å². The van der Waals surface area contributed by atoms with E-state index in [1.54, 1.807) is 17.3 Å². The van der Waals surface area contributed by atoms with Gasteiger partial charge in [-0.05, 0) is 39.8 Å². The third-order valence-corrected chi connectivity index (χ3v) is 5.92. The summed E-state index contributed by atoms with van der Waals surface area (Å²) in [6, 6.07) is 9.62. The molecule has 9 heteroatoms. The zero-order chi connectivity index (χ0) is 23.4. The van der Waals surface area contributed by atoms with Crippen molar-refractivity contribution in [3.8, 4) is 16.3 Å². The van der Waals surface area contributed by atoms with Crippen molar-refractivity contribution in [2.75, 3.05) is 18.4 Å². The van der Waals surface area contributed by atoms with E-state index >= 15 is 0 Å². The van der Waals surface area contributed by atoms with Gasteiger partial charge in [0, 0.05) is 56.2 Å². The Morgan fingerprint density at radius 3 is 2.67 bits per heavy atom. The molecule has 4 heterocycles. The first-order valence-electron chi connectivity index (χ1n) is 11.0. The molecule has 1 aliphatic heterocycles. The van der Waals surface area contributed by atoms with Crippen LogP contribution in [-0.2, 0) is 4.74 Å². The van der Waals surface area contributed by atoms with Gasteiger partial charge >= 0.3 is 6.09 Å². The lowest BCUT2D eigenvalue weighted by atomic mass is 10.1. The standard InChI is InChI=1S/C24H29N5O3S/c1-16-13-18(31-17-8-11-29(12-9-17)23(30)32-24(2,3)4)14-21(27-16)28-22-26-15-20(33-22)19-7-5-6-10-25-19/h5-7,10,13-15,17H,8-9,11-12H2,1-4H3,(H,26,27,28). The smallest absolute Gasteiger partial charge is 0.410 e. The Balaban J connectivity index is 1.36. The average Bonchev–Trinajstić information content (AvgIpc) is 3.22. The summed E-state index contributed by atoms with van der Waals surface area (Å²) in [5.41, 5.74) is 1.25. The number of carbonyl (C=O) groups excluding carboxylic acids is 1. The summed E-state index contributed by atoms with van der Waals surface area (Å²) in [4.78, 5) is 28.4. The Bertz CT molecular complexity index is 1090. The number of nitrogens with one attached hydrogen (secondary N) is 1. The van der Waals surface area contributed by atoms with Crippen LogP contribution >= 0.6 is 11.3 Å². The van der Waals surface area contributed by atoms with E-state index < -0.39 is 5.60 Å². The predicted octanol–water partition coefficient (Wildman–Crippen LogP) is 5.43. The number of carbonyl (C=O) groups is 1. The number of piperidine rings is 1. The van der Waals surface area contributed by atoms with Crippen molar-refractivity contribution in [3.05, 3.63) is 48.4 Å². The molecule has 1 N–H and O–H groups in total. The van der Waals surface area contributed by atoms with Crippen LogP contribution in [0.2, 0.25) is 0 Å². The fourth-order valence-electron chi connectivity index (χ4n) is 3.51. The second-order valence-electron chi connectivity index (χ2n) is 8.98. The van der Waals surface area contributed by atoms with E-state index in [-0.39, 0.29) is 12.2 Å². The molecule has 174 valence electrons. The van der Waals surface area contributed by atoms with E-state index in [9.17, 15) is 4.79 Å². The summed E-state index contributed by atoms with van der Waals surface area (Å²) in [5.74, 6) is 1.43. The number of amides is 1. The maximum atomic E-state index is 12.3. The molecule has 0 unspecified atom stereocenters. The number of nitrogens with zero attached hydrogens (tertiary/aromatic N) is 4. The highest BCUT2D eigenvalue weighted by Crippen LogP contribution is 2.30. The lowest BCUT2D eigenvalue weighted by molar-refractivity contribution is 0.0126. The van der Waals surface area contributed by atoms with Gasteiger partial charge in [-0.2, -0.15) is 0 Å². The van der Waals surface area contributed by atoms with Crippen molar-refractivity contribution >= 4 is 28.4 Å². The second-order valence-corrected chi connectivity index (χ2v) is 10.0. The van der Waals surface area contributed by atoms with Crippen molar-refractivity contribution in [2.45, 2.75) is 52.2 Å². The minimum absolute atomic E-state index is 0.0361. The van der Waals surface area contributed by atoms with Gasteiger partial charge in [0.25, 0.3) is 0 Å². The number of anilines is 2. The highest BCUT2D eigenvalue weighted by Gasteiger charge is 2.27. The molecular formula is C24H29N5O3S. The quantitative estimate of drug-likeness (QED) is 0.535. The maximum Gasteiger partial charge on any atom is 0.410 e. The van der Waals surface area contributed by atoms with E-state index in [2.05, 4.69) is 20.3 Å². The van der Waals surface area contributed by atoms with Gasteiger partial charge in [-0.1, -0.05) is 17.4 Å². The van der Waals surface area contributed by atoms with Crippen molar-refractivity contribution in [2.24, 2.45) is 0 Å². The van der Waals surface area contributed by atoms with Crippen molar-refractivity contribution in [1.29, 1.82) is 0 Å². The number of likely N-dealkylation sites (tertiary alicyclic amines) is 1. The molecule has 0 radical (unpaired) electrons. The number of aromatic nitrogens is 3.